The van der Waals surface area contributed by atoms with Crippen molar-refractivity contribution in [2.24, 2.45) is 0 Å². The van der Waals surface area contributed by atoms with Crippen LogP contribution >= 0.6 is 0 Å². The molecule has 0 amide bonds. The van der Waals surface area contributed by atoms with Crippen molar-refractivity contribution >= 4 is 16.0 Å². The molecule has 0 saturated carbocycles. The maximum absolute atomic E-state index is 12.4. The van der Waals surface area contributed by atoms with Crippen molar-refractivity contribution in [3.05, 3.63) is 12.4 Å². The average Bonchev–Trinajstić information content (AvgIpc) is 2.39. The lowest BCUT2D eigenvalue weighted by Gasteiger charge is -2.32. The topological polar surface area (TPSA) is 75.2 Å². The van der Waals surface area contributed by atoms with Gasteiger partial charge < -0.3 is 5.32 Å². The van der Waals surface area contributed by atoms with Gasteiger partial charge in [-0.05, 0) is 19.8 Å². The number of piperidine rings is 1. The molecular formula is C11H18N4O2S. The van der Waals surface area contributed by atoms with Gasteiger partial charge in [-0.2, -0.15) is 4.31 Å². The number of hydrogen-bond acceptors (Lipinski definition) is 5. The van der Waals surface area contributed by atoms with Crippen LogP contribution in [-0.4, -0.2) is 42.3 Å². The lowest BCUT2D eigenvalue weighted by molar-refractivity contribution is 0.268. The van der Waals surface area contributed by atoms with Crippen molar-refractivity contribution < 1.29 is 8.42 Å². The van der Waals surface area contributed by atoms with Crippen LogP contribution in [0.25, 0.3) is 0 Å². The normalized spacial score (nSPS) is 21.8. The van der Waals surface area contributed by atoms with Crippen LogP contribution in [0, 0.1) is 0 Å². The lowest BCUT2D eigenvalue weighted by Crippen LogP contribution is -2.41. The van der Waals surface area contributed by atoms with Crippen molar-refractivity contribution in [3.63, 3.8) is 0 Å². The zero-order valence-corrected chi connectivity index (χ0v) is 11.4. The molecule has 18 heavy (non-hydrogen) atoms. The predicted octanol–water partition coefficient (Wildman–Crippen LogP) is 1.08. The number of nitrogens with one attached hydrogen (secondary N) is 1. The summed E-state index contributed by atoms with van der Waals surface area (Å²) in [6.07, 6.45) is 5.63. The number of aromatic nitrogens is 2. The summed E-state index contributed by atoms with van der Waals surface area (Å²) in [5.74, 6) is 0.417. The Hall–Kier alpha value is -1.21. The Balaban J connectivity index is 2.28. The van der Waals surface area contributed by atoms with E-state index in [2.05, 4.69) is 15.3 Å². The fourth-order valence-electron chi connectivity index (χ4n) is 2.14. The molecule has 7 heteroatoms. The molecule has 2 heterocycles. The molecule has 0 radical (unpaired) electrons. The summed E-state index contributed by atoms with van der Waals surface area (Å²) in [6, 6.07) is 0.0488. The summed E-state index contributed by atoms with van der Waals surface area (Å²) in [6.45, 7) is 2.52. The fraction of sp³-hybridized carbons (Fsp3) is 0.636. The third-order valence-electron chi connectivity index (χ3n) is 3.20. The second-order valence-electron chi connectivity index (χ2n) is 4.45. The number of nitrogens with zero attached hydrogens (tertiary/aromatic N) is 3. The number of rotatable bonds is 3. The summed E-state index contributed by atoms with van der Waals surface area (Å²) >= 11 is 0. The summed E-state index contributed by atoms with van der Waals surface area (Å²) in [5, 5.41) is 2.76. The van der Waals surface area contributed by atoms with E-state index in [9.17, 15) is 8.42 Å². The second kappa shape index (κ2) is 5.19. The summed E-state index contributed by atoms with van der Waals surface area (Å²) in [5.41, 5.74) is 0. The van der Waals surface area contributed by atoms with E-state index in [0.717, 1.165) is 19.3 Å². The Morgan fingerprint density at radius 1 is 1.33 bits per heavy atom. The number of sulfonamides is 1. The predicted molar refractivity (Wildman–Crippen MR) is 68.8 cm³/mol. The van der Waals surface area contributed by atoms with Gasteiger partial charge in [0.25, 0.3) is 0 Å². The highest BCUT2D eigenvalue weighted by molar-refractivity contribution is 7.89. The van der Waals surface area contributed by atoms with E-state index in [1.807, 2.05) is 6.92 Å². The van der Waals surface area contributed by atoms with Crippen molar-refractivity contribution in [2.45, 2.75) is 37.1 Å². The molecule has 1 saturated heterocycles. The second-order valence-corrected chi connectivity index (χ2v) is 6.34. The Kier molecular flexibility index (Phi) is 3.82. The van der Waals surface area contributed by atoms with Crippen LogP contribution in [0.4, 0.5) is 5.95 Å². The minimum atomic E-state index is -3.46. The van der Waals surface area contributed by atoms with Crippen LogP contribution in [0.1, 0.15) is 26.2 Å². The van der Waals surface area contributed by atoms with E-state index in [4.69, 9.17) is 0 Å². The first kappa shape index (κ1) is 13.2. The van der Waals surface area contributed by atoms with Gasteiger partial charge in [0.05, 0.1) is 12.4 Å². The molecule has 1 aromatic rings. The lowest BCUT2D eigenvalue weighted by atomic mass is 10.1. The Morgan fingerprint density at radius 3 is 2.56 bits per heavy atom. The molecule has 6 nitrogen and oxygen atoms in total. The maximum Gasteiger partial charge on any atom is 0.246 e. The third kappa shape index (κ3) is 2.46. The van der Waals surface area contributed by atoms with E-state index in [1.165, 1.54) is 12.4 Å². The van der Waals surface area contributed by atoms with Crippen LogP contribution in [0.2, 0.25) is 0 Å². The van der Waals surface area contributed by atoms with E-state index < -0.39 is 10.0 Å². The quantitative estimate of drug-likeness (QED) is 0.889. The van der Waals surface area contributed by atoms with Gasteiger partial charge >= 0.3 is 0 Å². The first-order valence-corrected chi connectivity index (χ1v) is 7.51. The molecule has 1 fully saturated rings. The molecule has 1 aliphatic heterocycles. The summed E-state index contributed by atoms with van der Waals surface area (Å²) in [7, 11) is -1.76. The maximum atomic E-state index is 12.4. The summed E-state index contributed by atoms with van der Waals surface area (Å²) < 4.78 is 26.4. The zero-order valence-electron chi connectivity index (χ0n) is 10.6. The van der Waals surface area contributed by atoms with Gasteiger partial charge in [0.2, 0.25) is 16.0 Å². The van der Waals surface area contributed by atoms with Gasteiger partial charge in [0, 0.05) is 19.6 Å². The molecule has 1 aliphatic rings. The Morgan fingerprint density at radius 2 is 2.00 bits per heavy atom. The highest BCUT2D eigenvalue weighted by Gasteiger charge is 2.31. The SMILES string of the molecule is CNc1ncc(S(=O)(=O)N2CCCCC2C)cn1. The Labute approximate surface area is 107 Å². The van der Waals surface area contributed by atoms with Crippen molar-refractivity contribution in [1.29, 1.82) is 0 Å². The van der Waals surface area contributed by atoms with Crippen LogP contribution in [0.15, 0.2) is 17.3 Å². The van der Waals surface area contributed by atoms with Crippen molar-refractivity contribution in [3.8, 4) is 0 Å². The molecule has 1 aromatic heterocycles. The highest BCUT2D eigenvalue weighted by atomic mass is 32.2. The molecule has 1 N–H and O–H groups in total. The van der Waals surface area contributed by atoms with Gasteiger partial charge in [-0.3, -0.25) is 0 Å². The van der Waals surface area contributed by atoms with Gasteiger partial charge in [0.1, 0.15) is 4.90 Å². The fourth-order valence-corrected chi connectivity index (χ4v) is 3.73. The monoisotopic (exact) mass is 270 g/mol. The molecular weight excluding hydrogens is 252 g/mol. The van der Waals surface area contributed by atoms with Crippen LogP contribution in [0.3, 0.4) is 0 Å². The third-order valence-corrected chi connectivity index (χ3v) is 5.17. The number of anilines is 1. The minimum absolute atomic E-state index is 0.0488. The molecule has 1 atom stereocenters. The van der Waals surface area contributed by atoms with Crippen LogP contribution < -0.4 is 5.32 Å². The highest BCUT2D eigenvalue weighted by Crippen LogP contribution is 2.24. The molecule has 0 bridgehead atoms. The first-order valence-electron chi connectivity index (χ1n) is 6.07. The van der Waals surface area contributed by atoms with Gasteiger partial charge in [0.15, 0.2) is 0 Å². The molecule has 100 valence electrons. The van der Waals surface area contributed by atoms with E-state index in [0.29, 0.717) is 12.5 Å². The molecule has 2 rings (SSSR count). The van der Waals surface area contributed by atoms with Gasteiger partial charge in [-0.1, -0.05) is 6.42 Å². The molecule has 1 unspecified atom stereocenters. The molecule has 0 aliphatic carbocycles. The van der Waals surface area contributed by atoms with Crippen LogP contribution in [0.5, 0.6) is 0 Å². The van der Waals surface area contributed by atoms with Crippen molar-refractivity contribution in [2.75, 3.05) is 18.9 Å². The standard InChI is InChI=1S/C11H18N4O2S/c1-9-5-3-4-6-15(9)18(16,17)10-7-13-11(12-2)14-8-10/h7-9H,3-6H2,1-2H3,(H,12,13,14). The first-order chi connectivity index (χ1) is 8.55. The zero-order chi connectivity index (χ0) is 13.2. The van der Waals surface area contributed by atoms with Gasteiger partial charge in [-0.25, -0.2) is 18.4 Å². The largest absolute Gasteiger partial charge is 0.357 e. The number of hydrogen-bond donors (Lipinski definition) is 1. The average molecular weight is 270 g/mol. The van der Waals surface area contributed by atoms with Crippen LogP contribution in [-0.2, 0) is 10.0 Å². The molecule has 0 aromatic carbocycles. The Bertz CT molecular complexity index is 500. The smallest absolute Gasteiger partial charge is 0.246 e. The summed E-state index contributed by atoms with van der Waals surface area (Å²) in [4.78, 5) is 8.07. The van der Waals surface area contributed by atoms with Gasteiger partial charge in [-0.15, -0.1) is 0 Å². The molecule has 0 spiro atoms. The van der Waals surface area contributed by atoms with E-state index in [1.54, 1.807) is 11.4 Å². The minimum Gasteiger partial charge on any atom is -0.357 e. The van der Waals surface area contributed by atoms with E-state index in [-0.39, 0.29) is 10.9 Å². The van der Waals surface area contributed by atoms with Crippen molar-refractivity contribution in [1.82, 2.24) is 14.3 Å². The van der Waals surface area contributed by atoms with E-state index >= 15 is 0 Å².